The van der Waals surface area contributed by atoms with Gasteiger partial charge in [-0.25, -0.2) is 0 Å². The van der Waals surface area contributed by atoms with Gasteiger partial charge in [0, 0.05) is 22.3 Å². The summed E-state index contributed by atoms with van der Waals surface area (Å²) in [5.74, 6) is 0.605. The van der Waals surface area contributed by atoms with E-state index in [1.807, 2.05) is 55.5 Å². The van der Waals surface area contributed by atoms with Gasteiger partial charge >= 0.3 is 0 Å². The van der Waals surface area contributed by atoms with Gasteiger partial charge in [0.15, 0.2) is 0 Å². The number of carbonyl (C=O) groups excluding carboxylic acids is 1. The van der Waals surface area contributed by atoms with Crippen LogP contribution in [0.2, 0.25) is 0 Å². The number of aryl methyl sites for hydroxylation is 1. The van der Waals surface area contributed by atoms with Crippen molar-refractivity contribution >= 4 is 22.5 Å². The van der Waals surface area contributed by atoms with E-state index in [4.69, 9.17) is 4.74 Å². The number of para-hydroxylation sites is 1. The summed E-state index contributed by atoms with van der Waals surface area (Å²) >= 11 is 0. The Bertz CT molecular complexity index is 791. The highest BCUT2D eigenvalue weighted by Crippen LogP contribution is 2.27. The van der Waals surface area contributed by atoms with E-state index in [0.29, 0.717) is 5.56 Å². The number of anilines is 1. The minimum atomic E-state index is -0.127. The first kappa shape index (κ1) is 13.2. The van der Waals surface area contributed by atoms with Crippen molar-refractivity contribution < 1.29 is 9.53 Å². The number of nitrogens with one attached hydrogen (secondary N) is 2. The monoisotopic (exact) mass is 280 g/mol. The van der Waals surface area contributed by atoms with Crippen LogP contribution in [0.15, 0.2) is 48.5 Å². The summed E-state index contributed by atoms with van der Waals surface area (Å²) in [6.07, 6.45) is 0. The number of fused-ring (bicyclic) bond motifs is 1. The van der Waals surface area contributed by atoms with Crippen LogP contribution < -0.4 is 10.1 Å². The first-order valence-corrected chi connectivity index (χ1v) is 6.72. The van der Waals surface area contributed by atoms with Crippen molar-refractivity contribution in [1.29, 1.82) is 0 Å². The molecule has 1 heterocycles. The Labute approximate surface area is 122 Å². The molecular formula is C17H16N2O2. The molecule has 0 aliphatic rings. The molecule has 21 heavy (non-hydrogen) atoms. The zero-order valence-corrected chi connectivity index (χ0v) is 11.9. The van der Waals surface area contributed by atoms with Crippen molar-refractivity contribution in [3.8, 4) is 5.75 Å². The van der Waals surface area contributed by atoms with Gasteiger partial charge in [0.05, 0.1) is 12.7 Å². The summed E-state index contributed by atoms with van der Waals surface area (Å²) in [5, 5.41) is 3.78. The maximum Gasteiger partial charge on any atom is 0.258 e. The second-order valence-electron chi connectivity index (χ2n) is 4.86. The predicted octanol–water partition coefficient (Wildman–Crippen LogP) is 3.74. The number of amides is 1. The molecule has 4 nitrogen and oxygen atoms in total. The van der Waals surface area contributed by atoms with Crippen molar-refractivity contribution in [3.63, 3.8) is 0 Å². The van der Waals surface area contributed by atoms with Crippen LogP contribution in [-0.4, -0.2) is 18.0 Å². The SMILES string of the molecule is COc1ccc2[nH]c(C)c(C(=O)Nc3ccccc3)c2c1. The number of aromatic amines is 1. The van der Waals surface area contributed by atoms with Crippen molar-refractivity contribution in [1.82, 2.24) is 4.98 Å². The fourth-order valence-corrected chi connectivity index (χ4v) is 2.44. The van der Waals surface area contributed by atoms with Crippen molar-refractivity contribution in [2.75, 3.05) is 12.4 Å². The third-order valence-electron chi connectivity index (χ3n) is 3.45. The van der Waals surface area contributed by atoms with E-state index >= 15 is 0 Å². The third kappa shape index (κ3) is 2.48. The number of aromatic nitrogens is 1. The molecule has 3 rings (SSSR count). The van der Waals surface area contributed by atoms with E-state index in [0.717, 1.165) is 28.0 Å². The van der Waals surface area contributed by atoms with E-state index < -0.39 is 0 Å². The Morgan fingerprint density at radius 1 is 1.14 bits per heavy atom. The van der Waals surface area contributed by atoms with Gasteiger partial charge in [0.25, 0.3) is 5.91 Å². The molecule has 106 valence electrons. The van der Waals surface area contributed by atoms with Crippen LogP contribution in [0, 0.1) is 6.92 Å². The number of benzene rings is 2. The minimum Gasteiger partial charge on any atom is -0.497 e. The van der Waals surface area contributed by atoms with Crippen LogP contribution in [0.1, 0.15) is 16.1 Å². The molecule has 4 heteroatoms. The highest BCUT2D eigenvalue weighted by molar-refractivity contribution is 6.14. The second kappa shape index (κ2) is 5.32. The summed E-state index contributed by atoms with van der Waals surface area (Å²) < 4.78 is 5.24. The molecule has 0 bridgehead atoms. The van der Waals surface area contributed by atoms with Crippen molar-refractivity contribution in [2.45, 2.75) is 6.92 Å². The van der Waals surface area contributed by atoms with Gasteiger partial charge in [-0.15, -0.1) is 0 Å². The molecule has 2 N–H and O–H groups in total. The topological polar surface area (TPSA) is 54.1 Å². The van der Waals surface area contributed by atoms with E-state index in [9.17, 15) is 4.79 Å². The lowest BCUT2D eigenvalue weighted by Crippen LogP contribution is -2.12. The van der Waals surface area contributed by atoms with Gasteiger partial charge < -0.3 is 15.0 Å². The van der Waals surface area contributed by atoms with Gasteiger partial charge in [-0.1, -0.05) is 18.2 Å². The summed E-state index contributed by atoms with van der Waals surface area (Å²) in [6, 6.07) is 15.1. The second-order valence-corrected chi connectivity index (χ2v) is 4.86. The van der Waals surface area contributed by atoms with Gasteiger partial charge in [0.2, 0.25) is 0 Å². The molecule has 0 saturated heterocycles. The molecule has 1 aromatic heterocycles. The molecule has 3 aromatic rings. The maximum atomic E-state index is 12.5. The smallest absolute Gasteiger partial charge is 0.258 e. The van der Waals surface area contributed by atoms with Crippen LogP contribution in [0.25, 0.3) is 10.9 Å². The Kier molecular flexibility index (Phi) is 3.36. The molecular weight excluding hydrogens is 264 g/mol. The molecule has 0 aliphatic heterocycles. The van der Waals surface area contributed by atoms with Crippen molar-refractivity contribution in [2.24, 2.45) is 0 Å². The lowest BCUT2D eigenvalue weighted by molar-refractivity contribution is 0.102. The van der Waals surface area contributed by atoms with Gasteiger partial charge in [-0.05, 0) is 37.3 Å². The maximum absolute atomic E-state index is 12.5. The zero-order chi connectivity index (χ0) is 14.8. The zero-order valence-electron chi connectivity index (χ0n) is 11.9. The summed E-state index contributed by atoms with van der Waals surface area (Å²) in [6.45, 7) is 1.90. The number of rotatable bonds is 3. The summed E-state index contributed by atoms with van der Waals surface area (Å²) in [4.78, 5) is 15.8. The lowest BCUT2D eigenvalue weighted by Gasteiger charge is -2.06. The largest absolute Gasteiger partial charge is 0.497 e. The highest BCUT2D eigenvalue weighted by atomic mass is 16.5. The normalized spacial score (nSPS) is 10.6. The molecule has 0 spiro atoms. The number of carbonyl (C=O) groups is 1. The van der Waals surface area contributed by atoms with E-state index in [1.165, 1.54) is 0 Å². The van der Waals surface area contributed by atoms with E-state index in [2.05, 4.69) is 10.3 Å². The van der Waals surface area contributed by atoms with E-state index in [1.54, 1.807) is 7.11 Å². The van der Waals surface area contributed by atoms with Crippen LogP contribution in [0.5, 0.6) is 5.75 Å². The molecule has 0 atom stereocenters. The first-order chi connectivity index (χ1) is 10.2. The molecule has 2 aromatic carbocycles. The van der Waals surface area contributed by atoms with Crippen LogP contribution >= 0.6 is 0 Å². The molecule has 0 saturated carbocycles. The highest BCUT2D eigenvalue weighted by Gasteiger charge is 2.16. The van der Waals surface area contributed by atoms with Crippen LogP contribution in [0.4, 0.5) is 5.69 Å². The standard InChI is InChI=1S/C17H16N2O2/c1-11-16(17(20)19-12-6-4-3-5-7-12)14-10-13(21-2)8-9-15(14)18-11/h3-10,18H,1-2H3,(H,19,20). The average Bonchev–Trinajstić information content (AvgIpc) is 2.83. The Morgan fingerprint density at radius 2 is 1.90 bits per heavy atom. The third-order valence-corrected chi connectivity index (χ3v) is 3.45. The molecule has 0 radical (unpaired) electrons. The Morgan fingerprint density at radius 3 is 2.62 bits per heavy atom. The molecule has 0 aliphatic carbocycles. The van der Waals surface area contributed by atoms with Crippen LogP contribution in [-0.2, 0) is 0 Å². The summed E-state index contributed by atoms with van der Waals surface area (Å²) in [7, 11) is 1.62. The Hall–Kier alpha value is -2.75. The average molecular weight is 280 g/mol. The molecule has 1 amide bonds. The van der Waals surface area contributed by atoms with Gasteiger partial charge in [0.1, 0.15) is 5.75 Å². The van der Waals surface area contributed by atoms with E-state index in [-0.39, 0.29) is 5.91 Å². The predicted molar refractivity (Wildman–Crippen MR) is 84.0 cm³/mol. The number of ether oxygens (including phenoxy) is 1. The van der Waals surface area contributed by atoms with Crippen LogP contribution in [0.3, 0.4) is 0 Å². The fraction of sp³-hybridized carbons (Fsp3) is 0.118. The lowest BCUT2D eigenvalue weighted by atomic mass is 10.1. The Balaban J connectivity index is 2.02. The number of methoxy groups -OCH3 is 1. The number of hydrogen-bond donors (Lipinski definition) is 2. The first-order valence-electron chi connectivity index (χ1n) is 6.72. The number of H-pyrrole nitrogens is 1. The molecule has 0 fully saturated rings. The molecule has 0 unspecified atom stereocenters. The minimum absolute atomic E-state index is 0.127. The van der Waals surface area contributed by atoms with Crippen molar-refractivity contribution in [3.05, 3.63) is 59.8 Å². The fourth-order valence-electron chi connectivity index (χ4n) is 2.44. The summed E-state index contributed by atoms with van der Waals surface area (Å²) in [5.41, 5.74) is 3.19. The van der Waals surface area contributed by atoms with Gasteiger partial charge in [-0.3, -0.25) is 4.79 Å². The quantitative estimate of drug-likeness (QED) is 0.768. The van der Waals surface area contributed by atoms with Gasteiger partial charge in [-0.2, -0.15) is 0 Å². The number of hydrogen-bond acceptors (Lipinski definition) is 2.